The van der Waals surface area contributed by atoms with Crippen molar-refractivity contribution in [1.29, 1.82) is 0 Å². The third-order valence-electron chi connectivity index (χ3n) is 2.08. The van der Waals surface area contributed by atoms with Crippen LogP contribution in [0.3, 0.4) is 0 Å². The van der Waals surface area contributed by atoms with E-state index in [4.69, 9.17) is 4.74 Å². The van der Waals surface area contributed by atoms with Crippen LogP contribution >= 0.6 is 0 Å². The first-order valence-corrected chi connectivity index (χ1v) is 4.61. The summed E-state index contributed by atoms with van der Waals surface area (Å²) in [4.78, 5) is 0. The molecule has 2 nitrogen and oxygen atoms in total. The van der Waals surface area contributed by atoms with E-state index in [1.165, 1.54) is 6.07 Å². The number of aliphatic hydroxyl groups is 1. The minimum absolute atomic E-state index is 0.193. The number of benzene rings is 1. The Morgan fingerprint density at radius 3 is 2.57 bits per heavy atom. The highest BCUT2D eigenvalue weighted by atomic mass is 19.1. The molecule has 0 aliphatic heterocycles. The van der Waals surface area contributed by atoms with Gasteiger partial charge in [-0.1, -0.05) is 6.07 Å². The summed E-state index contributed by atoms with van der Waals surface area (Å²) in [6, 6.07) is 4.66. The van der Waals surface area contributed by atoms with E-state index < -0.39 is 18.0 Å². The summed E-state index contributed by atoms with van der Waals surface area (Å²) in [5, 5.41) is 9.19. The molecule has 0 radical (unpaired) electrons. The minimum Gasteiger partial charge on any atom is -0.485 e. The Bertz CT molecular complexity index is 310. The first-order valence-electron chi connectivity index (χ1n) is 4.61. The van der Waals surface area contributed by atoms with Crippen molar-refractivity contribution in [3.05, 3.63) is 29.6 Å². The number of hydrogen-bond donors (Lipinski definition) is 1. The number of aliphatic hydroxyl groups excluding tert-OH is 1. The zero-order valence-electron chi connectivity index (χ0n) is 8.62. The maximum atomic E-state index is 13.2. The zero-order valence-corrected chi connectivity index (χ0v) is 8.62. The van der Waals surface area contributed by atoms with E-state index in [-0.39, 0.29) is 5.75 Å². The Balaban J connectivity index is 2.80. The fourth-order valence-corrected chi connectivity index (χ4v) is 1.000. The highest BCUT2D eigenvalue weighted by Gasteiger charge is 2.12. The molecule has 0 saturated carbocycles. The van der Waals surface area contributed by atoms with Gasteiger partial charge in [0.25, 0.3) is 0 Å². The lowest BCUT2D eigenvalue weighted by Gasteiger charge is -2.17. The Kier molecular flexibility index (Phi) is 3.47. The minimum atomic E-state index is -0.616. The molecule has 78 valence electrons. The number of rotatable bonds is 3. The number of halogens is 1. The van der Waals surface area contributed by atoms with Crippen molar-refractivity contribution in [3.8, 4) is 5.75 Å². The van der Waals surface area contributed by atoms with Gasteiger partial charge in [-0.15, -0.1) is 0 Å². The van der Waals surface area contributed by atoms with Gasteiger partial charge < -0.3 is 9.84 Å². The van der Waals surface area contributed by atoms with Gasteiger partial charge in [-0.05, 0) is 38.5 Å². The Morgan fingerprint density at radius 2 is 2.00 bits per heavy atom. The lowest BCUT2D eigenvalue weighted by molar-refractivity contribution is 0.0578. The van der Waals surface area contributed by atoms with Gasteiger partial charge in [0, 0.05) is 0 Å². The van der Waals surface area contributed by atoms with Crippen LogP contribution in [-0.2, 0) is 0 Å². The van der Waals surface area contributed by atoms with E-state index in [0.717, 1.165) is 5.56 Å². The molecule has 0 spiro atoms. The standard InChI is InChI=1S/C11H15FO2/c1-7-4-5-10(12)11(6-7)14-9(3)8(2)13/h4-6,8-9,13H,1-3H3/t8-,9?/m0/s1. The molecule has 0 heterocycles. The van der Waals surface area contributed by atoms with Crippen LogP contribution in [0.1, 0.15) is 19.4 Å². The second kappa shape index (κ2) is 4.42. The van der Waals surface area contributed by atoms with Gasteiger partial charge in [-0.25, -0.2) is 4.39 Å². The van der Waals surface area contributed by atoms with Crippen molar-refractivity contribution in [2.75, 3.05) is 0 Å². The Labute approximate surface area is 83.3 Å². The summed E-state index contributed by atoms with van der Waals surface area (Å²) in [5.74, 6) is -0.207. The second-order valence-electron chi connectivity index (χ2n) is 3.50. The maximum Gasteiger partial charge on any atom is 0.165 e. The van der Waals surface area contributed by atoms with Gasteiger partial charge >= 0.3 is 0 Å². The van der Waals surface area contributed by atoms with E-state index >= 15 is 0 Å². The van der Waals surface area contributed by atoms with Crippen LogP contribution in [0.2, 0.25) is 0 Å². The highest BCUT2D eigenvalue weighted by Crippen LogP contribution is 2.20. The Morgan fingerprint density at radius 1 is 1.36 bits per heavy atom. The number of hydrogen-bond acceptors (Lipinski definition) is 2. The van der Waals surface area contributed by atoms with Crippen molar-refractivity contribution in [2.45, 2.75) is 33.0 Å². The van der Waals surface area contributed by atoms with Crippen LogP contribution in [0.5, 0.6) is 5.75 Å². The highest BCUT2D eigenvalue weighted by molar-refractivity contribution is 5.29. The monoisotopic (exact) mass is 198 g/mol. The van der Waals surface area contributed by atoms with Crippen LogP contribution in [0.4, 0.5) is 4.39 Å². The van der Waals surface area contributed by atoms with E-state index in [2.05, 4.69) is 0 Å². The predicted molar refractivity (Wildman–Crippen MR) is 52.9 cm³/mol. The zero-order chi connectivity index (χ0) is 10.7. The van der Waals surface area contributed by atoms with Crippen molar-refractivity contribution < 1.29 is 14.2 Å². The maximum absolute atomic E-state index is 13.2. The van der Waals surface area contributed by atoms with Gasteiger partial charge in [0.1, 0.15) is 6.10 Å². The van der Waals surface area contributed by atoms with Crippen molar-refractivity contribution >= 4 is 0 Å². The fraction of sp³-hybridized carbons (Fsp3) is 0.455. The van der Waals surface area contributed by atoms with Crippen LogP contribution in [0.25, 0.3) is 0 Å². The molecule has 14 heavy (non-hydrogen) atoms. The molecule has 1 aromatic carbocycles. The lowest BCUT2D eigenvalue weighted by Crippen LogP contribution is -2.25. The van der Waals surface area contributed by atoms with Gasteiger partial charge in [-0.2, -0.15) is 0 Å². The third-order valence-corrected chi connectivity index (χ3v) is 2.08. The molecule has 0 aromatic heterocycles. The molecular formula is C11H15FO2. The summed E-state index contributed by atoms with van der Waals surface area (Å²) in [6.07, 6.45) is -1.03. The first-order chi connectivity index (χ1) is 6.50. The predicted octanol–water partition coefficient (Wildman–Crippen LogP) is 2.28. The van der Waals surface area contributed by atoms with Crippen LogP contribution in [-0.4, -0.2) is 17.3 Å². The average molecular weight is 198 g/mol. The van der Waals surface area contributed by atoms with Crippen LogP contribution in [0, 0.1) is 12.7 Å². The second-order valence-corrected chi connectivity index (χ2v) is 3.50. The quantitative estimate of drug-likeness (QED) is 0.807. The molecule has 1 N–H and O–H groups in total. The van der Waals surface area contributed by atoms with E-state index in [1.807, 2.05) is 6.92 Å². The van der Waals surface area contributed by atoms with Gasteiger partial charge in [0.15, 0.2) is 11.6 Å². The third kappa shape index (κ3) is 2.70. The molecule has 0 bridgehead atoms. The molecule has 0 aliphatic rings. The molecule has 0 saturated heterocycles. The smallest absolute Gasteiger partial charge is 0.165 e. The number of ether oxygens (including phenoxy) is 1. The van der Waals surface area contributed by atoms with E-state index in [9.17, 15) is 9.50 Å². The fourth-order valence-electron chi connectivity index (χ4n) is 1.000. The molecule has 1 aromatic rings. The van der Waals surface area contributed by atoms with Crippen molar-refractivity contribution in [3.63, 3.8) is 0 Å². The molecule has 0 aliphatic carbocycles. The molecule has 1 unspecified atom stereocenters. The summed E-state index contributed by atoms with van der Waals surface area (Å²) in [5.41, 5.74) is 0.930. The molecular weight excluding hydrogens is 183 g/mol. The van der Waals surface area contributed by atoms with Gasteiger partial charge in [-0.3, -0.25) is 0 Å². The first kappa shape index (κ1) is 11.0. The summed E-state index contributed by atoms with van der Waals surface area (Å²) in [6.45, 7) is 5.17. The molecule has 0 amide bonds. The largest absolute Gasteiger partial charge is 0.485 e. The van der Waals surface area contributed by atoms with Gasteiger partial charge in [0.2, 0.25) is 0 Å². The molecule has 0 fully saturated rings. The summed E-state index contributed by atoms with van der Waals surface area (Å²) in [7, 11) is 0. The molecule has 1 rings (SSSR count). The van der Waals surface area contributed by atoms with Crippen molar-refractivity contribution in [1.82, 2.24) is 0 Å². The normalized spacial score (nSPS) is 14.9. The molecule has 2 atom stereocenters. The van der Waals surface area contributed by atoms with E-state index in [0.29, 0.717) is 0 Å². The summed E-state index contributed by atoms with van der Waals surface area (Å²) < 4.78 is 18.4. The van der Waals surface area contributed by atoms with E-state index in [1.54, 1.807) is 26.0 Å². The summed E-state index contributed by atoms with van der Waals surface area (Å²) >= 11 is 0. The van der Waals surface area contributed by atoms with Crippen molar-refractivity contribution in [2.24, 2.45) is 0 Å². The lowest BCUT2D eigenvalue weighted by atomic mass is 10.2. The average Bonchev–Trinajstić information content (AvgIpc) is 2.11. The SMILES string of the molecule is Cc1ccc(F)c(OC(C)[C@H](C)O)c1. The molecule has 3 heteroatoms. The topological polar surface area (TPSA) is 29.5 Å². The van der Waals surface area contributed by atoms with Gasteiger partial charge in [0.05, 0.1) is 6.10 Å². The van der Waals surface area contributed by atoms with Crippen LogP contribution < -0.4 is 4.74 Å². The van der Waals surface area contributed by atoms with Crippen LogP contribution in [0.15, 0.2) is 18.2 Å². The Hall–Kier alpha value is -1.09. The number of aryl methyl sites for hydroxylation is 1.